The fourth-order valence-corrected chi connectivity index (χ4v) is 4.27. The molecule has 2 aliphatic rings. The van der Waals surface area contributed by atoms with Gasteiger partial charge < -0.3 is 18.8 Å². The number of fused-ring (bicyclic) bond motifs is 1. The van der Waals surface area contributed by atoms with Gasteiger partial charge in [0.1, 0.15) is 6.54 Å². The number of oxazole rings is 1. The fraction of sp³-hybridized carbons (Fsp3) is 0.600. The Morgan fingerprint density at radius 2 is 2.07 bits per heavy atom. The molecule has 27 heavy (non-hydrogen) atoms. The smallest absolute Gasteiger partial charge is 0.408 e. The number of hydrogen-bond donors (Lipinski definition) is 0. The number of aromatic nitrogens is 1. The van der Waals surface area contributed by atoms with Gasteiger partial charge in [-0.05, 0) is 38.3 Å². The van der Waals surface area contributed by atoms with Gasteiger partial charge in [-0.2, -0.15) is 0 Å². The summed E-state index contributed by atoms with van der Waals surface area (Å²) in [6, 6.07) is 7.17. The topological polar surface area (TPSA) is 73.9 Å². The van der Waals surface area contributed by atoms with Gasteiger partial charge in [0.15, 0.2) is 5.58 Å². The molecule has 0 radical (unpaired) electrons. The van der Waals surface area contributed by atoms with E-state index in [1.807, 2.05) is 17.9 Å². The Kier molecular flexibility index (Phi) is 5.06. The molecular weight excluding hydrogens is 348 g/mol. The van der Waals surface area contributed by atoms with E-state index in [4.69, 9.17) is 13.9 Å². The molecule has 7 heteroatoms. The zero-order valence-corrected chi connectivity index (χ0v) is 15.7. The molecule has 4 rings (SSSR count). The summed E-state index contributed by atoms with van der Waals surface area (Å²) in [7, 11) is 0. The second-order valence-electron chi connectivity index (χ2n) is 7.40. The van der Waals surface area contributed by atoms with Crippen LogP contribution in [0, 0.1) is 0 Å². The van der Waals surface area contributed by atoms with Gasteiger partial charge in [0, 0.05) is 32.7 Å². The Bertz CT molecular complexity index is 861. The van der Waals surface area contributed by atoms with Gasteiger partial charge in [0.05, 0.1) is 17.2 Å². The van der Waals surface area contributed by atoms with E-state index in [0.717, 1.165) is 38.9 Å². The minimum absolute atomic E-state index is 0.00523. The Morgan fingerprint density at radius 1 is 1.30 bits per heavy atom. The third-order valence-corrected chi connectivity index (χ3v) is 5.74. The number of para-hydroxylation sites is 2. The number of rotatable bonds is 4. The number of benzene rings is 1. The van der Waals surface area contributed by atoms with E-state index in [0.29, 0.717) is 24.2 Å². The van der Waals surface area contributed by atoms with Crippen LogP contribution in [0.2, 0.25) is 0 Å². The largest absolute Gasteiger partial charge is 0.420 e. The number of hydrogen-bond acceptors (Lipinski definition) is 5. The van der Waals surface area contributed by atoms with E-state index in [1.54, 1.807) is 18.2 Å². The molecule has 1 amide bonds. The SMILES string of the molecule is CCOC1CCOC2(CCN(C(=O)Cn3c(=O)oc4ccccc43)CC2)C1. The van der Waals surface area contributed by atoms with Gasteiger partial charge in [-0.3, -0.25) is 9.36 Å². The van der Waals surface area contributed by atoms with Crippen LogP contribution in [0.1, 0.15) is 32.6 Å². The highest BCUT2D eigenvalue weighted by molar-refractivity contribution is 5.79. The summed E-state index contributed by atoms with van der Waals surface area (Å²) in [4.78, 5) is 26.7. The molecule has 1 aromatic carbocycles. The first-order chi connectivity index (χ1) is 13.1. The summed E-state index contributed by atoms with van der Waals surface area (Å²) < 4.78 is 18.5. The maximum absolute atomic E-state index is 12.8. The maximum Gasteiger partial charge on any atom is 0.420 e. The Hall–Kier alpha value is -2.12. The summed E-state index contributed by atoms with van der Waals surface area (Å²) in [6.07, 6.45) is 3.71. The van der Waals surface area contributed by atoms with Crippen LogP contribution in [0.3, 0.4) is 0 Å². The monoisotopic (exact) mass is 374 g/mol. The predicted octanol–water partition coefficient (Wildman–Crippen LogP) is 2.17. The van der Waals surface area contributed by atoms with Gasteiger partial charge in [-0.25, -0.2) is 4.79 Å². The third-order valence-electron chi connectivity index (χ3n) is 5.74. The highest BCUT2D eigenvalue weighted by atomic mass is 16.5. The number of amides is 1. The summed E-state index contributed by atoms with van der Waals surface area (Å²) in [5, 5.41) is 0. The van der Waals surface area contributed by atoms with Gasteiger partial charge in [0.25, 0.3) is 0 Å². The van der Waals surface area contributed by atoms with Gasteiger partial charge in [0.2, 0.25) is 5.91 Å². The van der Waals surface area contributed by atoms with Crippen molar-refractivity contribution >= 4 is 17.0 Å². The van der Waals surface area contributed by atoms with Crippen molar-refractivity contribution < 1.29 is 18.7 Å². The second kappa shape index (κ2) is 7.48. The summed E-state index contributed by atoms with van der Waals surface area (Å²) in [6.45, 7) is 4.74. The van der Waals surface area contributed by atoms with Crippen molar-refractivity contribution in [2.45, 2.75) is 50.9 Å². The molecule has 0 N–H and O–H groups in total. The second-order valence-corrected chi connectivity index (χ2v) is 7.40. The van der Waals surface area contributed by atoms with Crippen molar-refractivity contribution in [2.24, 2.45) is 0 Å². The Labute approximate surface area is 157 Å². The maximum atomic E-state index is 12.8. The molecule has 7 nitrogen and oxygen atoms in total. The summed E-state index contributed by atoms with van der Waals surface area (Å²) in [5.74, 6) is -0.552. The van der Waals surface area contributed by atoms with Crippen LogP contribution in [0.15, 0.2) is 33.5 Å². The number of likely N-dealkylation sites (tertiary alicyclic amines) is 1. The molecule has 0 saturated carbocycles. The fourth-order valence-electron chi connectivity index (χ4n) is 4.27. The highest BCUT2D eigenvalue weighted by Crippen LogP contribution is 2.36. The van der Waals surface area contributed by atoms with E-state index in [1.165, 1.54) is 4.57 Å². The Morgan fingerprint density at radius 3 is 2.85 bits per heavy atom. The molecule has 2 fully saturated rings. The summed E-state index contributed by atoms with van der Waals surface area (Å²) >= 11 is 0. The molecule has 1 atom stereocenters. The lowest BCUT2D eigenvalue weighted by atomic mass is 9.83. The van der Waals surface area contributed by atoms with Crippen LogP contribution in [0.25, 0.3) is 11.1 Å². The molecule has 0 bridgehead atoms. The lowest BCUT2D eigenvalue weighted by Crippen LogP contribution is -2.52. The quantitative estimate of drug-likeness (QED) is 0.820. The molecule has 2 aliphatic heterocycles. The third kappa shape index (κ3) is 3.66. The van der Waals surface area contributed by atoms with Gasteiger partial charge in [-0.15, -0.1) is 0 Å². The molecule has 0 aliphatic carbocycles. The summed E-state index contributed by atoms with van der Waals surface area (Å²) in [5.41, 5.74) is 0.985. The number of nitrogens with zero attached hydrogens (tertiary/aromatic N) is 2. The van der Waals surface area contributed by atoms with Crippen LogP contribution >= 0.6 is 0 Å². The molecule has 3 heterocycles. The van der Waals surface area contributed by atoms with Crippen molar-refractivity contribution in [3.8, 4) is 0 Å². The molecule has 2 aromatic rings. The molecular formula is C20H26N2O5. The predicted molar refractivity (Wildman–Crippen MR) is 99.6 cm³/mol. The number of carbonyl (C=O) groups excluding carboxylic acids is 1. The molecule has 2 saturated heterocycles. The zero-order chi connectivity index (χ0) is 18.9. The van der Waals surface area contributed by atoms with E-state index >= 15 is 0 Å². The number of carbonyl (C=O) groups is 1. The average Bonchev–Trinajstić information content (AvgIpc) is 2.98. The molecule has 146 valence electrons. The first kappa shape index (κ1) is 18.3. The lowest BCUT2D eigenvalue weighted by Gasteiger charge is -2.46. The number of ether oxygens (including phenoxy) is 2. The van der Waals surface area contributed by atoms with Crippen LogP contribution in [0.5, 0.6) is 0 Å². The first-order valence-electron chi connectivity index (χ1n) is 9.72. The molecule has 1 aromatic heterocycles. The van der Waals surface area contributed by atoms with E-state index < -0.39 is 5.76 Å². The number of piperidine rings is 1. The van der Waals surface area contributed by atoms with Crippen molar-refractivity contribution in [2.75, 3.05) is 26.3 Å². The average molecular weight is 374 g/mol. The lowest BCUT2D eigenvalue weighted by molar-refractivity contribution is -0.160. The van der Waals surface area contributed by atoms with Gasteiger partial charge in [-0.1, -0.05) is 12.1 Å². The minimum Gasteiger partial charge on any atom is -0.408 e. The van der Waals surface area contributed by atoms with E-state index in [-0.39, 0.29) is 24.2 Å². The van der Waals surface area contributed by atoms with Crippen molar-refractivity contribution in [1.29, 1.82) is 0 Å². The molecule has 1 spiro atoms. The van der Waals surface area contributed by atoms with E-state index in [2.05, 4.69) is 0 Å². The Balaban J connectivity index is 1.40. The van der Waals surface area contributed by atoms with Gasteiger partial charge >= 0.3 is 5.76 Å². The molecule has 1 unspecified atom stereocenters. The highest BCUT2D eigenvalue weighted by Gasteiger charge is 2.41. The van der Waals surface area contributed by atoms with Crippen LogP contribution in [-0.4, -0.2) is 53.4 Å². The van der Waals surface area contributed by atoms with E-state index in [9.17, 15) is 9.59 Å². The minimum atomic E-state index is -0.492. The van der Waals surface area contributed by atoms with Crippen molar-refractivity contribution in [1.82, 2.24) is 9.47 Å². The normalized spacial score (nSPS) is 22.4. The van der Waals surface area contributed by atoms with Crippen molar-refractivity contribution in [3.63, 3.8) is 0 Å². The first-order valence-corrected chi connectivity index (χ1v) is 9.72. The van der Waals surface area contributed by atoms with Crippen LogP contribution in [0.4, 0.5) is 0 Å². The van der Waals surface area contributed by atoms with Crippen LogP contribution in [-0.2, 0) is 20.8 Å². The van der Waals surface area contributed by atoms with Crippen LogP contribution < -0.4 is 5.76 Å². The standard InChI is InChI=1S/C20H26N2O5/c1-2-25-15-7-12-26-20(13-15)8-10-21(11-9-20)18(23)14-22-16-5-3-4-6-17(16)27-19(22)24/h3-6,15H,2,7-14H2,1H3. The zero-order valence-electron chi connectivity index (χ0n) is 15.7. The van der Waals surface area contributed by atoms with Crippen molar-refractivity contribution in [3.05, 3.63) is 34.8 Å².